The zero-order valence-electron chi connectivity index (χ0n) is 9.25. The fourth-order valence-corrected chi connectivity index (χ4v) is 1.38. The molecule has 6 nitrogen and oxygen atoms in total. The molecule has 1 rings (SSSR count). The third-order valence-electron chi connectivity index (χ3n) is 2.32. The van der Waals surface area contributed by atoms with Gasteiger partial charge < -0.3 is 15.7 Å². The number of nitro benzene ring substituents is 1. The summed E-state index contributed by atoms with van der Waals surface area (Å²) in [6.45, 7) is -0.317. The Kier molecular flexibility index (Phi) is 3.81. The Morgan fingerprint density at radius 1 is 1.56 bits per heavy atom. The number of anilines is 1. The smallest absolute Gasteiger partial charge is 0.276 e. The van der Waals surface area contributed by atoms with E-state index in [-0.39, 0.29) is 12.3 Å². The van der Waals surface area contributed by atoms with Gasteiger partial charge in [-0.3, -0.25) is 10.1 Å². The van der Waals surface area contributed by atoms with Crippen LogP contribution < -0.4 is 10.6 Å². The molecule has 0 aliphatic heterocycles. The van der Waals surface area contributed by atoms with Crippen LogP contribution >= 0.6 is 0 Å². The number of nitrogens with zero attached hydrogens (tertiary/aromatic N) is 2. The fraction of sp³-hybridized carbons (Fsp3) is 0.400. The summed E-state index contributed by atoms with van der Waals surface area (Å²) in [6.07, 6.45) is 0. The first kappa shape index (κ1) is 12.4. The van der Waals surface area contributed by atoms with Gasteiger partial charge in [-0.15, -0.1) is 0 Å². The zero-order valence-corrected chi connectivity index (χ0v) is 9.25. The molecule has 0 aromatic heterocycles. The van der Waals surface area contributed by atoms with E-state index in [0.717, 1.165) is 5.69 Å². The molecule has 0 heterocycles. The molecule has 0 saturated carbocycles. The summed E-state index contributed by atoms with van der Waals surface area (Å²) in [4.78, 5) is 12.1. The summed E-state index contributed by atoms with van der Waals surface area (Å²) >= 11 is 0. The summed E-state index contributed by atoms with van der Waals surface area (Å²) < 4.78 is 0. The molecule has 0 fully saturated rings. The monoisotopic (exact) mass is 225 g/mol. The predicted octanol–water partition coefficient (Wildman–Crippen LogP) is 0.653. The Hall–Kier alpha value is -1.66. The van der Waals surface area contributed by atoms with Crippen molar-refractivity contribution in [3.8, 4) is 0 Å². The summed E-state index contributed by atoms with van der Waals surface area (Å²) in [6, 6.07) is 4.04. The first-order chi connectivity index (χ1) is 7.47. The highest BCUT2D eigenvalue weighted by molar-refractivity contribution is 5.57. The second-order valence-electron chi connectivity index (χ2n) is 3.68. The van der Waals surface area contributed by atoms with E-state index in [2.05, 4.69) is 0 Å². The van der Waals surface area contributed by atoms with Gasteiger partial charge >= 0.3 is 0 Å². The lowest BCUT2D eigenvalue weighted by Crippen LogP contribution is -2.17. The van der Waals surface area contributed by atoms with Crippen LogP contribution in [-0.2, 0) is 0 Å². The maximum Gasteiger partial charge on any atom is 0.276 e. The molecule has 1 aromatic carbocycles. The molecular formula is C10H15N3O3. The van der Waals surface area contributed by atoms with Crippen molar-refractivity contribution in [2.75, 3.05) is 25.6 Å². The molecule has 0 amide bonds. The van der Waals surface area contributed by atoms with Crippen molar-refractivity contribution in [3.63, 3.8) is 0 Å². The SMILES string of the molecule is CN(C)c1ccc([C@H](N)CO)c([N+](=O)[O-])c1. The Morgan fingerprint density at radius 3 is 2.62 bits per heavy atom. The van der Waals surface area contributed by atoms with E-state index in [1.54, 1.807) is 31.1 Å². The largest absolute Gasteiger partial charge is 0.394 e. The van der Waals surface area contributed by atoms with E-state index in [1.807, 2.05) is 0 Å². The lowest BCUT2D eigenvalue weighted by atomic mass is 10.1. The van der Waals surface area contributed by atoms with Crippen molar-refractivity contribution >= 4 is 11.4 Å². The Morgan fingerprint density at radius 2 is 2.19 bits per heavy atom. The van der Waals surface area contributed by atoms with Crippen LogP contribution in [0.15, 0.2) is 18.2 Å². The third-order valence-corrected chi connectivity index (χ3v) is 2.32. The Bertz CT molecular complexity index is 393. The molecule has 1 aromatic rings. The van der Waals surface area contributed by atoms with Gasteiger partial charge in [0.15, 0.2) is 0 Å². The van der Waals surface area contributed by atoms with Crippen LogP contribution in [0.4, 0.5) is 11.4 Å². The average Bonchev–Trinajstić information content (AvgIpc) is 2.26. The first-order valence-electron chi connectivity index (χ1n) is 4.79. The maximum atomic E-state index is 10.9. The van der Waals surface area contributed by atoms with Gasteiger partial charge in [0.05, 0.1) is 17.6 Å². The highest BCUT2D eigenvalue weighted by Crippen LogP contribution is 2.28. The van der Waals surface area contributed by atoms with E-state index < -0.39 is 11.0 Å². The van der Waals surface area contributed by atoms with Crippen molar-refractivity contribution in [3.05, 3.63) is 33.9 Å². The molecule has 0 saturated heterocycles. The van der Waals surface area contributed by atoms with Crippen molar-refractivity contribution in [1.82, 2.24) is 0 Å². The van der Waals surface area contributed by atoms with Crippen LogP contribution in [0.1, 0.15) is 11.6 Å². The number of aliphatic hydroxyl groups excluding tert-OH is 1. The highest BCUT2D eigenvalue weighted by atomic mass is 16.6. The normalized spacial score (nSPS) is 12.2. The van der Waals surface area contributed by atoms with E-state index in [0.29, 0.717) is 5.56 Å². The minimum Gasteiger partial charge on any atom is -0.394 e. The first-order valence-corrected chi connectivity index (χ1v) is 4.79. The molecule has 1 atom stereocenters. The lowest BCUT2D eigenvalue weighted by molar-refractivity contribution is -0.385. The van der Waals surface area contributed by atoms with Crippen LogP contribution in [0.25, 0.3) is 0 Å². The third kappa shape index (κ3) is 2.47. The van der Waals surface area contributed by atoms with Crippen molar-refractivity contribution in [1.29, 1.82) is 0 Å². The van der Waals surface area contributed by atoms with E-state index in [9.17, 15) is 10.1 Å². The molecule has 0 unspecified atom stereocenters. The van der Waals surface area contributed by atoms with E-state index in [1.165, 1.54) is 6.07 Å². The second-order valence-corrected chi connectivity index (χ2v) is 3.68. The van der Waals surface area contributed by atoms with Crippen LogP contribution in [0.5, 0.6) is 0 Å². The van der Waals surface area contributed by atoms with E-state index >= 15 is 0 Å². The molecule has 0 aliphatic rings. The van der Waals surface area contributed by atoms with Crippen LogP contribution in [0.3, 0.4) is 0 Å². The van der Waals surface area contributed by atoms with Crippen LogP contribution in [0, 0.1) is 10.1 Å². The van der Waals surface area contributed by atoms with Gasteiger partial charge in [0.2, 0.25) is 0 Å². The van der Waals surface area contributed by atoms with Crippen LogP contribution in [-0.4, -0.2) is 30.7 Å². The molecule has 3 N–H and O–H groups in total. The molecule has 0 bridgehead atoms. The number of nitrogens with two attached hydrogens (primary N) is 1. The number of hydrogen-bond acceptors (Lipinski definition) is 5. The lowest BCUT2D eigenvalue weighted by Gasteiger charge is -2.15. The Balaban J connectivity index is 3.25. The topological polar surface area (TPSA) is 92.6 Å². The number of benzene rings is 1. The van der Waals surface area contributed by atoms with Gasteiger partial charge in [0.25, 0.3) is 5.69 Å². The van der Waals surface area contributed by atoms with Gasteiger partial charge in [-0.25, -0.2) is 0 Å². The summed E-state index contributed by atoms with van der Waals surface area (Å²) in [5.41, 5.74) is 6.60. The number of rotatable bonds is 4. The molecule has 6 heteroatoms. The van der Waals surface area contributed by atoms with Crippen molar-refractivity contribution in [2.24, 2.45) is 5.73 Å². The van der Waals surface area contributed by atoms with Gasteiger partial charge in [0.1, 0.15) is 0 Å². The fourth-order valence-electron chi connectivity index (χ4n) is 1.38. The van der Waals surface area contributed by atoms with Gasteiger partial charge in [0, 0.05) is 31.4 Å². The van der Waals surface area contributed by atoms with Crippen molar-refractivity contribution in [2.45, 2.75) is 6.04 Å². The minimum absolute atomic E-state index is 0.0623. The van der Waals surface area contributed by atoms with Gasteiger partial charge in [-0.2, -0.15) is 0 Å². The molecule has 0 aliphatic carbocycles. The number of nitro groups is 1. The van der Waals surface area contributed by atoms with E-state index in [4.69, 9.17) is 10.8 Å². The predicted molar refractivity (Wildman–Crippen MR) is 61.4 cm³/mol. The van der Waals surface area contributed by atoms with Gasteiger partial charge in [-0.05, 0) is 12.1 Å². The van der Waals surface area contributed by atoms with Gasteiger partial charge in [-0.1, -0.05) is 0 Å². The van der Waals surface area contributed by atoms with Crippen molar-refractivity contribution < 1.29 is 10.0 Å². The standard InChI is InChI=1S/C10H15N3O3/c1-12(2)7-3-4-8(9(11)6-14)10(5-7)13(15)16/h3-5,9,14H,6,11H2,1-2H3/t9-/m1/s1. The second kappa shape index (κ2) is 4.91. The molecular weight excluding hydrogens is 210 g/mol. The average molecular weight is 225 g/mol. The zero-order chi connectivity index (χ0) is 12.3. The number of aliphatic hydroxyl groups is 1. The molecule has 88 valence electrons. The summed E-state index contributed by atoms with van der Waals surface area (Å²) in [5.74, 6) is 0. The quantitative estimate of drug-likeness (QED) is 0.579. The Labute approximate surface area is 93.4 Å². The molecule has 16 heavy (non-hydrogen) atoms. The summed E-state index contributed by atoms with van der Waals surface area (Å²) in [7, 11) is 3.59. The summed E-state index contributed by atoms with van der Waals surface area (Å²) in [5, 5.41) is 19.8. The minimum atomic E-state index is -0.725. The molecule has 0 radical (unpaired) electrons. The highest BCUT2D eigenvalue weighted by Gasteiger charge is 2.19. The molecule has 0 spiro atoms. The van der Waals surface area contributed by atoms with Crippen LogP contribution in [0.2, 0.25) is 0 Å². The maximum absolute atomic E-state index is 10.9. The number of hydrogen-bond donors (Lipinski definition) is 2.